The van der Waals surface area contributed by atoms with Crippen LogP contribution in [0.5, 0.6) is 0 Å². The van der Waals surface area contributed by atoms with Crippen molar-refractivity contribution in [2.24, 2.45) is 0 Å². The van der Waals surface area contributed by atoms with Gasteiger partial charge in [-0.3, -0.25) is 4.79 Å². The zero-order chi connectivity index (χ0) is 12.4. The minimum atomic E-state index is -0.480. The van der Waals surface area contributed by atoms with Crippen LogP contribution in [0.4, 0.5) is 5.69 Å². The number of anilines is 1. The first-order valence-corrected chi connectivity index (χ1v) is 6.14. The Morgan fingerprint density at radius 3 is 3.00 bits per heavy atom. The van der Waals surface area contributed by atoms with Crippen molar-refractivity contribution >= 4 is 23.2 Å². The molecule has 1 aliphatic heterocycles. The number of benzene rings is 1. The fourth-order valence-electron chi connectivity index (χ4n) is 2.24. The fraction of sp³-hybridized carbons (Fsp3) is 0.462. The monoisotopic (exact) mass is 253 g/mol. The highest BCUT2D eigenvalue weighted by atomic mass is 35.5. The summed E-state index contributed by atoms with van der Waals surface area (Å²) < 4.78 is 5.17. The SMILES string of the molecule is COCc1cccc2c1CCN2C(=O)C(C)Cl. The average molecular weight is 254 g/mol. The van der Waals surface area contributed by atoms with Gasteiger partial charge < -0.3 is 9.64 Å². The number of methoxy groups -OCH3 is 1. The number of ether oxygens (including phenoxy) is 1. The average Bonchev–Trinajstić information content (AvgIpc) is 2.73. The second kappa shape index (κ2) is 5.07. The first-order valence-electron chi connectivity index (χ1n) is 5.70. The molecule has 0 aromatic heterocycles. The van der Waals surface area contributed by atoms with Crippen molar-refractivity contribution in [3.05, 3.63) is 29.3 Å². The summed E-state index contributed by atoms with van der Waals surface area (Å²) in [5, 5.41) is -0.480. The van der Waals surface area contributed by atoms with E-state index in [4.69, 9.17) is 16.3 Å². The molecule has 1 aliphatic rings. The summed E-state index contributed by atoms with van der Waals surface area (Å²) in [5.74, 6) is -0.0278. The fourth-order valence-corrected chi connectivity index (χ4v) is 2.36. The maximum Gasteiger partial charge on any atom is 0.244 e. The van der Waals surface area contributed by atoms with Crippen molar-refractivity contribution in [2.45, 2.75) is 25.3 Å². The zero-order valence-corrected chi connectivity index (χ0v) is 10.8. The van der Waals surface area contributed by atoms with Gasteiger partial charge in [0.05, 0.1) is 6.61 Å². The van der Waals surface area contributed by atoms with E-state index in [1.165, 1.54) is 5.56 Å². The number of hydrogen-bond acceptors (Lipinski definition) is 2. The molecule has 0 N–H and O–H groups in total. The highest BCUT2D eigenvalue weighted by Gasteiger charge is 2.28. The molecule has 1 aromatic rings. The summed E-state index contributed by atoms with van der Waals surface area (Å²) in [5.41, 5.74) is 3.35. The molecule has 92 valence electrons. The lowest BCUT2D eigenvalue weighted by Crippen LogP contribution is -2.34. The summed E-state index contributed by atoms with van der Waals surface area (Å²) in [4.78, 5) is 13.7. The van der Waals surface area contributed by atoms with Crippen molar-refractivity contribution in [3.63, 3.8) is 0 Å². The molecule has 0 fully saturated rings. The van der Waals surface area contributed by atoms with Crippen molar-refractivity contribution in [1.29, 1.82) is 0 Å². The van der Waals surface area contributed by atoms with Gasteiger partial charge >= 0.3 is 0 Å². The van der Waals surface area contributed by atoms with Crippen LogP contribution in [-0.2, 0) is 22.6 Å². The smallest absolute Gasteiger partial charge is 0.244 e. The van der Waals surface area contributed by atoms with E-state index >= 15 is 0 Å². The van der Waals surface area contributed by atoms with Gasteiger partial charge in [0.2, 0.25) is 5.91 Å². The number of nitrogens with zero attached hydrogens (tertiary/aromatic N) is 1. The van der Waals surface area contributed by atoms with Gasteiger partial charge in [-0.15, -0.1) is 11.6 Å². The minimum absolute atomic E-state index is 0.0278. The van der Waals surface area contributed by atoms with E-state index in [1.807, 2.05) is 18.2 Å². The molecule has 1 amide bonds. The number of hydrogen-bond donors (Lipinski definition) is 0. The largest absolute Gasteiger partial charge is 0.380 e. The van der Waals surface area contributed by atoms with Crippen LogP contribution in [0.3, 0.4) is 0 Å². The van der Waals surface area contributed by atoms with Gasteiger partial charge in [-0.1, -0.05) is 12.1 Å². The van der Waals surface area contributed by atoms with Crippen LogP contribution >= 0.6 is 11.6 Å². The molecule has 2 rings (SSSR count). The topological polar surface area (TPSA) is 29.5 Å². The first kappa shape index (κ1) is 12.4. The van der Waals surface area contributed by atoms with Crippen LogP contribution in [0.2, 0.25) is 0 Å². The molecule has 1 unspecified atom stereocenters. The van der Waals surface area contributed by atoms with Gasteiger partial charge in [-0.2, -0.15) is 0 Å². The van der Waals surface area contributed by atoms with E-state index in [0.29, 0.717) is 13.2 Å². The Morgan fingerprint density at radius 2 is 2.35 bits per heavy atom. The third-order valence-corrected chi connectivity index (χ3v) is 3.22. The van der Waals surface area contributed by atoms with Crippen LogP contribution in [-0.4, -0.2) is 24.9 Å². The van der Waals surface area contributed by atoms with Gasteiger partial charge in [-0.05, 0) is 30.5 Å². The van der Waals surface area contributed by atoms with E-state index in [2.05, 4.69) is 0 Å². The van der Waals surface area contributed by atoms with E-state index in [1.54, 1.807) is 18.9 Å². The van der Waals surface area contributed by atoms with Gasteiger partial charge in [0.15, 0.2) is 0 Å². The predicted octanol–water partition coefficient (Wildman–Crippen LogP) is 2.35. The Balaban J connectivity index is 2.32. The van der Waals surface area contributed by atoms with Crippen LogP contribution in [0.25, 0.3) is 0 Å². The second-order valence-corrected chi connectivity index (χ2v) is 4.86. The number of rotatable bonds is 3. The summed E-state index contributed by atoms with van der Waals surface area (Å²) in [6, 6.07) is 5.97. The standard InChI is InChI=1S/C13H16ClNO2/c1-9(14)13(16)15-7-6-11-10(8-17-2)4-3-5-12(11)15/h3-5,9H,6-8H2,1-2H3. The van der Waals surface area contributed by atoms with Crippen LogP contribution in [0.15, 0.2) is 18.2 Å². The minimum Gasteiger partial charge on any atom is -0.380 e. The lowest BCUT2D eigenvalue weighted by atomic mass is 10.1. The van der Waals surface area contributed by atoms with Crippen molar-refractivity contribution in [3.8, 4) is 0 Å². The summed E-state index contributed by atoms with van der Waals surface area (Å²) in [6.07, 6.45) is 0.879. The Hall–Kier alpha value is -1.06. The maximum absolute atomic E-state index is 11.9. The molecule has 0 saturated carbocycles. The normalized spacial score (nSPS) is 15.8. The molecular formula is C13H16ClNO2. The Morgan fingerprint density at radius 1 is 1.59 bits per heavy atom. The van der Waals surface area contributed by atoms with Crippen molar-refractivity contribution in [1.82, 2.24) is 0 Å². The van der Waals surface area contributed by atoms with Crippen LogP contribution in [0.1, 0.15) is 18.1 Å². The van der Waals surface area contributed by atoms with Crippen molar-refractivity contribution in [2.75, 3.05) is 18.6 Å². The molecule has 0 saturated heterocycles. The molecule has 0 spiro atoms. The predicted molar refractivity (Wildman–Crippen MR) is 68.5 cm³/mol. The third kappa shape index (κ3) is 2.31. The third-order valence-electron chi connectivity index (χ3n) is 3.03. The van der Waals surface area contributed by atoms with Gasteiger partial charge in [0.1, 0.15) is 5.38 Å². The Kier molecular flexibility index (Phi) is 3.69. The molecule has 4 heteroatoms. The molecule has 0 radical (unpaired) electrons. The maximum atomic E-state index is 11.9. The van der Waals surface area contributed by atoms with E-state index < -0.39 is 5.38 Å². The number of carbonyl (C=O) groups is 1. The summed E-state index contributed by atoms with van der Waals surface area (Å²) in [6.45, 7) is 3.01. The Labute approximate surface area is 106 Å². The van der Waals surface area contributed by atoms with Crippen LogP contribution in [0, 0.1) is 0 Å². The number of carbonyl (C=O) groups excluding carboxylic acids is 1. The number of alkyl halides is 1. The van der Waals surface area contributed by atoms with E-state index in [0.717, 1.165) is 17.7 Å². The van der Waals surface area contributed by atoms with Crippen LogP contribution < -0.4 is 4.90 Å². The number of amides is 1. The van der Waals surface area contributed by atoms with E-state index in [-0.39, 0.29) is 5.91 Å². The molecule has 0 aliphatic carbocycles. The summed E-state index contributed by atoms with van der Waals surface area (Å²) in [7, 11) is 1.68. The number of halogens is 1. The molecular weight excluding hydrogens is 238 g/mol. The molecule has 1 atom stereocenters. The Bertz CT molecular complexity index is 431. The second-order valence-electron chi connectivity index (χ2n) is 4.20. The number of fused-ring (bicyclic) bond motifs is 1. The molecule has 17 heavy (non-hydrogen) atoms. The highest BCUT2D eigenvalue weighted by Crippen LogP contribution is 2.31. The zero-order valence-electron chi connectivity index (χ0n) is 10.1. The molecule has 1 aromatic carbocycles. The molecule has 1 heterocycles. The van der Waals surface area contributed by atoms with Crippen molar-refractivity contribution < 1.29 is 9.53 Å². The summed E-state index contributed by atoms with van der Waals surface area (Å²) >= 11 is 5.86. The highest BCUT2D eigenvalue weighted by molar-refractivity contribution is 6.32. The van der Waals surface area contributed by atoms with E-state index in [9.17, 15) is 4.79 Å². The first-order chi connectivity index (χ1) is 8.15. The van der Waals surface area contributed by atoms with Gasteiger partial charge in [0, 0.05) is 19.3 Å². The lowest BCUT2D eigenvalue weighted by molar-refractivity contribution is -0.117. The lowest BCUT2D eigenvalue weighted by Gasteiger charge is -2.19. The van der Waals surface area contributed by atoms with Gasteiger partial charge in [-0.25, -0.2) is 0 Å². The quantitative estimate of drug-likeness (QED) is 0.774. The molecule has 0 bridgehead atoms. The van der Waals surface area contributed by atoms with Gasteiger partial charge in [0.25, 0.3) is 0 Å². The molecule has 3 nitrogen and oxygen atoms in total.